The lowest BCUT2D eigenvalue weighted by atomic mass is 9.74. The summed E-state index contributed by atoms with van der Waals surface area (Å²) < 4.78 is 5.59. The Kier molecular flexibility index (Phi) is 4.46. The summed E-state index contributed by atoms with van der Waals surface area (Å²) in [6.07, 6.45) is 1.92. The molecule has 1 saturated carbocycles. The number of Topliss-reactive ketones (excluding diaryl/α,β-unsaturated/α-hetero) is 1. The van der Waals surface area contributed by atoms with Crippen LogP contribution in [0.3, 0.4) is 0 Å². The minimum Gasteiger partial charge on any atom is -0.465 e. The number of hydrogen-bond donors (Lipinski definition) is 0. The van der Waals surface area contributed by atoms with Crippen molar-refractivity contribution in [2.75, 3.05) is 13.6 Å². The van der Waals surface area contributed by atoms with Gasteiger partial charge in [-0.2, -0.15) is 0 Å². The fourth-order valence-electron chi connectivity index (χ4n) is 3.21. The first-order valence-electron chi connectivity index (χ1n) is 7.22. The predicted octanol–water partition coefficient (Wildman–Crippen LogP) is 3.27. The molecular formula is C16H25NO2. The second kappa shape index (κ2) is 5.91. The SMILES string of the molecule is Cc1ccc(CN(C)CC2C(=O)CC(C)CC2C)o1. The summed E-state index contributed by atoms with van der Waals surface area (Å²) in [5.74, 6) is 3.60. The molecule has 3 atom stereocenters. The van der Waals surface area contributed by atoms with Crippen molar-refractivity contribution in [1.82, 2.24) is 4.90 Å². The van der Waals surface area contributed by atoms with Gasteiger partial charge in [0.15, 0.2) is 0 Å². The lowest BCUT2D eigenvalue weighted by Gasteiger charge is -2.33. The quantitative estimate of drug-likeness (QED) is 0.836. The van der Waals surface area contributed by atoms with E-state index >= 15 is 0 Å². The van der Waals surface area contributed by atoms with Crippen molar-refractivity contribution in [1.29, 1.82) is 0 Å². The van der Waals surface area contributed by atoms with Gasteiger partial charge in [-0.3, -0.25) is 9.69 Å². The molecule has 1 aromatic rings. The molecule has 0 saturated heterocycles. The lowest BCUT2D eigenvalue weighted by molar-refractivity contribution is -0.128. The maximum atomic E-state index is 12.2. The van der Waals surface area contributed by atoms with Crippen LogP contribution in [0.5, 0.6) is 0 Å². The van der Waals surface area contributed by atoms with Gasteiger partial charge in [-0.25, -0.2) is 0 Å². The summed E-state index contributed by atoms with van der Waals surface area (Å²) in [5, 5.41) is 0. The largest absolute Gasteiger partial charge is 0.465 e. The molecule has 0 bridgehead atoms. The van der Waals surface area contributed by atoms with Crippen LogP contribution >= 0.6 is 0 Å². The molecule has 3 heteroatoms. The zero-order valence-electron chi connectivity index (χ0n) is 12.5. The number of aryl methyl sites for hydroxylation is 1. The highest BCUT2D eigenvalue weighted by molar-refractivity contribution is 5.82. The Morgan fingerprint density at radius 1 is 1.37 bits per heavy atom. The van der Waals surface area contributed by atoms with E-state index in [1.807, 2.05) is 19.1 Å². The van der Waals surface area contributed by atoms with Crippen molar-refractivity contribution in [3.8, 4) is 0 Å². The lowest BCUT2D eigenvalue weighted by Crippen LogP contribution is -2.38. The van der Waals surface area contributed by atoms with Crippen LogP contribution in [0.15, 0.2) is 16.5 Å². The monoisotopic (exact) mass is 263 g/mol. The van der Waals surface area contributed by atoms with Crippen LogP contribution in [0, 0.1) is 24.7 Å². The maximum absolute atomic E-state index is 12.2. The van der Waals surface area contributed by atoms with Gasteiger partial charge in [0.25, 0.3) is 0 Å². The number of carbonyl (C=O) groups excluding carboxylic acids is 1. The van der Waals surface area contributed by atoms with E-state index in [1.54, 1.807) is 0 Å². The molecule has 0 spiro atoms. The molecule has 0 radical (unpaired) electrons. The van der Waals surface area contributed by atoms with Gasteiger partial charge in [0.05, 0.1) is 6.54 Å². The van der Waals surface area contributed by atoms with Gasteiger partial charge in [0, 0.05) is 18.9 Å². The van der Waals surface area contributed by atoms with Crippen molar-refractivity contribution < 1.29 is 9.21 Å². The van der Waals surface area contributed by atoms with Crippen molar-refractivity contribution in [3.63, 3.8) is 0 Å². The summed E-state index contributed by atoms with van der Waals surface area (Å²) >= 11 is 0. The number of furan rings is 1. The smallest absolute Gasteiger partial charge is 0.137 e. The summed E-state index contributed by atoms with van der Waals surface area (Å²) in [7, 11) is 2.07. The summed E-state index contributed by atoms with van der Waals surface area (Å²) in [6.45, 7) is 7.97. The first kappa shape index (κ1) is 14.3. The maximum Gasteiger partial charge on any atom is 0.137 e. The molecule has 3 nitrogen and oxygen atoms in total. The Balaban J connectivity index is 1.91. The molecule has 0 aliphatic heterocycles. The number of ketones is 1. The van der Waals surface area contributed by atoms with Gasteiger partial charge >= 0.3 is 0 Å². The van der Waals surface area contributed by atoms with E-state index in [4.69, 9.17) is 4.42 Å². The topological polar surface area (TPSA) is 33.5 Å². The van der Waals surface area contributed by atoms with E-state index in [9.17, 15) is 4.79 Å². The first-order chi connectivity index (χ1) is 8.95. The highest BCUT2D eigenvalue weighted by Crippen LogP contribution is 2.31. The van der Waals surface area contributed by atoms with Crippen LogP contribution in [0.1, 0.15) is 38.2 Å². The van der Waals surface area contributed by atoms with E-state index in [0.717, 1.165) is 31.0 Å². The van der Waals surface area contributed by atoms with Crippen molar-refractivity contribution in [2.45, 2.75) is 40.2 Å². The zero-order chi connectivity index (χ0) is 14.0. The Bertz CT molecular complexity index is 438. The van der Waals surface area contributed by atoms with Crippen LogP contribution in [0.2, 0.25) is 0 Å². The molecule has 0 aromatic carbocycles. The molecule has 0 N–H and O–H groups in total. The van der Waals surface area contributed by atoms with Crippen LogP contribution in [0.25, 0.3) is 0 Å². The fourth-order valence-corrected chi connectivity index (χ4v) is 3.21. The van der Waals surface area contributed by atoms with Gasteiger partial charge in [-0.05, 0) is 44.4 Å². The summed E-state index contributed by atoms with van der Waals surface area (Å²) in [6, 6.07) is 4.00. The number of rotatable bonds is 4. The normalized spacial score (nSPS) is 28.1. The zero-order valence-corrected chi connectivity index (χ0v) is 12.5. The average Bonchev–Trinajstić information content (AvgIpc) is 2.69. The highest BCUT2D eigenvalue weighted by Gasteiger charge is 2.32. The third-order valence-electron chi connectivity index (χ3n) is 4.15. The second-order valence-corrected chi connectivity index (χ2v) is 6.30. The Morgan fingerprint density at radius 2 is 2.11 bits per heavy atom. The summed E-state index contributed by atoms with van der Waals surface area (Å²) in [4.78, 5) is 14.4. The molecule has 3 unspecified atom stereocenters. The van der Waals surface area contributed by atoms with Crippen molar-refractivity contribution in [3.05, 3.63) is 23.7 Å². The van der Waals surface area contributed by atoms with Crippen LogP contribution in [-0.4, -0.2) is 24.3 Å². The fraction of sp³-hybridized carbons (Fsp3) is 0.688. The molecule has 19 heavy (non-hydrogen) atoms. The highest BCUT2D eigenvalue weighted by atomic mass is 16.3. The van der Waals surface area contributed by atoms with E-state index < -0.39 is 0 Å². The van der Waals surface area contributed by atoms with E-state index in [2.05, 4.69) is 25.8 Å². The first-order valence-corrected chi connectivity index (χ1v) is 7.22. The molecule has 0 amide bonds. The third kappa shape index (κ3) is 3.69. The van der Waals surface area contributed by atoms with Gasteiger partial charge in [0.2, 0.25) is 0 Å². The molecule has 1 aliphatic rings. The summed E-state index contributed by atoms with van der Waals surface area (Å²) in [5.41, 5.74) is 0. The molecule has 1 aromatic heterocycles. The van der Waals surface area contributed by atoms with Gasteiger partial charge in [-0.1, -0.05) is 13.8 Å². The Morgan fingerprint density at radius 3 is 2.68 bits per heavy atom. The molecule has 1 heterocycles. The van der Waals surface area contributed by atoms with Gasteiger partial charge in [-0.15, -0.1) is 0 Å². The molecule has 106 valence electrons. The average molecular weight is 263 g/mol. The molecular weight excluding hydrogens is 238 g/mol. The van der Waals surface area contributed by atoms with Crippen molar-refractivity contribution in [2.24, 2.45) is 17.8 Å². The molecule has 1 fully saturated rings. The van der Waals surface area contributed by atoms with Crippen LogP contribution < -0.4 is 0 Å². The predicted molar refractivity (Wildman–Crippen MR) is 75.8 cm³/mol. The van der Waals surface area contributed by atoms with E-state index in [0.29, 0.717) is 17.6 Å². The van der Waals surface area contributed by atoms with Crippen LogP contribution in [-0.2, 0) is 11.3 Å². The van der Waals surface area contributed by atoms with Gasteiger partial charge < -0.3 is 4.42 Å². The third-order valence-corrected chi connectivity index (χ3v) is 4.15. The molecule has 2 rings (SSSR count). The Hall–Kier alpha value is -1.09. The minimum absolute atomic E-state index is 0.192. The van der Waals surface area contributed by atoms with E-state index in [1.165, 1.54) is 6.42 Å². The standard InChI is InChI=1S/C16H25NO2/c1-11-7-12(2)15(16(18)8-11)10-17(4)9-14-6-5-13(3)19-14/h5-6,11-12,15H,7-10H2,1-4H3. The van der Waals surface area contributed by atoms with Crippen molar-refractivity contribution >= 4 is 5.78 Å². The van der Waals surface area contributed by atoms with Crippen LogP contribution in [0.4, 0.5) is 0 Å². The second-order valence-electron chi connectivity index (χ2n) is 6.30. The van der Waals surface area contributed by atoms with E-state index in [-0.39, 0.29) is 5.92 Å². The minimum atomic E-state index is 0.192. The number of hydrogen-bond acceptors (Lipinski definition) is 3. The molecule has 1 aliphatic carbocycles. The number of carbonyl (C=O) groups is 1. The van der Waals surface area contributed by atoms with Gasteiger partial charge in [0.1, 0.15) is 17.3 Å². The number of nitrogens with zero attached hydrogens (tertiary/aromatic N) is 1. The Labute approximate surface area is 116 Å².